The minimum absolute atomic E-state index is 0.0871. The Balaban J connectivity index is 2.99. The summed E-state index contributed by atoms with van der Waals surface area (Å²) in [7, 11) is 0. The van der Waals surface area contributed by atoms with Gasteiger partial charge in [-0.1, -0.05) is 27.5 Å². The van der Waals surface area contributed by atoms with Gasteiger partial charge < -0.3 is 15.9 Å². The summed E-state index contributed by atoms with van der Waals surface area (Å²) in [5.74, 6) is -0.663. The number of rotatable bonds is 4. The van der Waals surface area contributed by atoms with Crippen LogP contribution in [0.5, 0.6) is 0 Å². The highest BCUT2D eigenvalue weighted by Crippen LogP contribution is 2.30. The van der Waals surface area contributed by atoms with Gasteiger partial charge in [-0.15, -0.1) is 0 Å². The molecule has 0 spiro atoms. The third-order valence-electron chi connectivity index (χ3n) is 2.20. The number of halogens is 3. The highest BCUT2D eigenvalue weighted by molar-refractivity contribution is 9.09. The predicted octanol–water partition coefficient (Wildman–Crippen LogP) is 2.24. The maximum Gasteiger partial charge on any atom is 0.146 e. The molecule has 0 aliphatic heterocycles. The van der Waals surface area contributed by atoms with Crippen LogP contribution >= 0.6 is 27.5 Å². The molecule has 1 rings (SSSR count). The van der Waals surface area contributed by atoms with Gasteiger partial charge in [0, 0.05) is 15.9 Å². The average molecular weight is 313 g/mol. The predicted molar refractivity (Wildman–Crippen MR) is 65.2 cm³/mol. The number of alkyl halides is 1. The van der Waals surface area contributed by atoms with Crippen molar-refractivity contribution < 1.29 is 14.6 Å². The number of benzene rings is 1. The lowest BCUT2D eigenvalue weighted by Gasteiger charge is -2.18. The van der Waals surface area contributed by atoms with Gasteiger partial charge in [-0.2, -0.15) is 0 Å². The summed E-state index contributed by atoms with van der Waals surface area (Å²) in [6.45, 7) is 0. The monoisotopic (exact) mass is 311 g/mol. The molecule has 90 valence electrons. The summed E-state index contributed by atoms with van der Waals surface area (Å²) in [6, 6.07) is 2.26. The molecule has 0 aliphatic carbocycles. The maximum absolute atomic E-state index is 13.2. The summed E-state index contributed by atoms with van der Waals surface area (Å²) in [5, 5.41) is 20.0. The fraction of sp³-hybridized carbons (Fsp3) is 0.400. The molecular weight excluding hydrogens is 300 g/mol. The molecule has 0 heterocycles. The summed E-state index contributed by atoms with van der Waals surface area (Å²) in [6.07, 6.45) is -1.89. The third kappa shape index (κ3) is 3.07. The van der Waals surface area contributed by atoms with Gasteiger partial charge in [0.05, 0.1) is 11.8 Å². The molecule has 0 aliphatic rings. The second-order valence-electron chi connectivity index (χ2n) is 3.39. The first-order chi connectivity index (χ1) is 7.47. The Bertz CT molecular complexity index is 378. The van der Waals surface area contributed by atoms with E-state index in [2.05, 4.69) is 15.9 Å². The summed E-state index contributed by atoms with van der Waals surface area (Å²) >= 11 is 8.95. The minimum atomic E-state index is -1.22. The minimum Gasteiger partial charge on any atom is -0.396 e. The summed E-state index contributed by atoms with van der Waals surface area (Å²) in [5.41, 5.74) is 5.37. The quantitative estimate of drug-likeness (QED) is 0.590. The van der Waals surface area contributed by atoms with Crippen molar-refractivity contribution in [2.45, 2.75) is 18.6 Å². The average Bonchev–Trinajstić information content (AvgIpc) is 2.23. The van der Waals surface area contributed by atoms with Crippen LogP contribution in [-0.2, 0) is 0 Å². The van der Waals surface area contributed by atoms with Gasteiger partial charge in [0.2, 0.25) is 0 Å². The van der Waals surface area contributed by atoms with Gasteiger partial charge in [-0.05, 0) is 18.6 Å². The van der Waals surface area contributed by atoms with Crippen molar-refractivity contribution in [3.05, 3.63) is 28.5 Å². The lowest BCUT2D eigenvalue weighted by Crippen LogP contribution is -2.19. The molecule has 2 atom stereocenters. The Morgan fingerprint density at radius 1 is 1.44 bits per heavy atom. The van der Waals surface area contributed by atoms with Gasteiger partial charge >= 0.3 is 0 Å². The number of anilines is 1. The molecule has 2 unspecified atom stereocenters. The fourth-order valence-corrected chi connectivity index (χ4v) is 2.03. The Morgan fingerprint density at radius 3 is 2.62 bits per heavy atom. The number of nitrogen functional groups attached to an aromatic ring is 1. The molecular formula is C10H12BrClFNO2. The number of aliphatic hydroxyl groups is 2. The van der Waals surface area contributed by atoms with E-state index in [0.717, 1.165) is 6.07 Å². The Morgan fingerprint density at radius 2 is 2.06 bits per heavy atom. The van der Waals surface area contributed by atoms with Crippen LogP contribution < -0.4 is 5.73 Å². The largest absolute Gasteiger partial charge is 0.396 e. The van der Waals surface area contributed by atoms with E-state index in [0.29, 0.717) is 11.8 Å². The van der Waals surface area contributed by atoms with Crippen LogP contribution in [0.3, 0.4) is 0 Å². The van der Waals surface area contributed by atoms with Crippen LogP contribution in [0.2, 0.25) is 5.02 Å². The van der Waals surface area contributed by atoms with E-state index in [1.165, 1.54) is 6.07 Å². The van der Waals surface area contributed by atoms with Crippen molar-refractivity contribution >= 4 is 33.2 Å². The van der Waals surface area contributed by atoms with Crippen molar-refractivity contribution in [3.63, 3.8) is 0 Å². The first-order valence-corrected chi connectivity index (χ1v) is 6.13. The van der Waals surface area contributed by atoms with Crippen LogP contribution in [0.25, 0.3) is 0 Å². The molecule has 1 aromatic rings. The van der Waals surface area contributed by atoms with Crippen LogP contribution in [0.15, 0.2) is 12.1 Å². The van der Waals surface area contributed by atoms with Gasteiger partial charge in [0.25, 0.3) is 0 Å². The second kappa shape index (κ2) is 5.82. The number of hydrogen-bond donors (Lipinski definition) is 3. The normalized spacial score (nSPS) is 14.8. The summed E-state index contributed by atoms with van der Waals surface area (Å²) in [4.78, 5) is 0. The van der Waals surface area contributed by atoms with Gasteiger partial charge in [0.1, 0.15) is 11.9 Å². The molecule has 0 saturated carbocycles. The SMILES string of the molecule is Nc1cc(Cl)c(C(O)C(O)CCBr)cc1F. The van der Waals surface area contributed by atoms with Crippen molar-refractivity contribution in [2.75, 3.05) is 11.1 Å². The molecule has 3 nitrogen and oxygen atoms in total. The summed E-state index contributed by atoms with van der Waals surface area (Å²) < 4.78 is 13.2. The fourth-order valence-electron chi connectivity index (χ4n) is 1.28. The second-order valence-corrected chi connectivity index (χ2v) is 4.59. The van der Waals surface area contributed by atoms with E-state index in [9.17, 15) is 14.6 Å². The highest BCUT2D eigenvalue weighted by atomic mass is 79.9. The zero-order valence-electron chi connectivity index (χ0n) is 8.33. The molecule has 6 heteroatoms. The Kier molecular flexibility index (Phi) is 4.98. The van der Waals surface area contributed by atoms with E-state index in [1.54, 1.807) is 0 Å². The zero-order valence-corrected chi connectivity index (χ0v) is 10.7. The molecule has 0 saturated heterocycles. The number of hydrogen-bond acceptors (Lipinski definition) is 3. The van der Waals surface area contributed by atoms with Gasteiger partial charge in [-0.25, -0.2) is 4.39 Å². The Labute approximate surface area is 106 Å². The highest BCUT2D eigenvalue weighted by Gasteiger charge is 2.21. The van der Waals surface area contributed by atoms with Crippen LogP contribution in [0.1, 0.15) is 18.1 Å². The molecule has 1 aromatic carbocycles. The maximum atomic E-state index is 13.2. The molecule has 0 bridgehead atoms. The molecule has 0 aromatic heterocycles. The first-order valence-electron chi connectivity index (χ1n) is 4.64. The van der Waals surface area contributed by atoms with Crippen molar-refractivity contribution in [1.29, 1.82) is 0 Å². The van der Waals surface area contributed by atoms with E-state index < -0.39 is 18.0 Å². The van der Waals surface area contributed by atoms with E-state index in [1.807, 2.05) is 0 Å². The lowest BCUT2D eigenvalue weighted by atomic mass is 10.0. The molecule has 0 amide bonds. The zero-order chi connectivity index (χ0) is 12.3. The first kappa shape index (κ1) is 13.7. The van der Waals surface area contributed by atoms with Crippen molar-refractivity contribution in [2.24, 2.45) is 0 Å². The van der Waals surface area contributed by atoms with Crippen LogP contribution in [0, 0.1) is 5.82 Å². The van der Waals surface area contributed by atoms with Crippen molar-refractivity contribution in [1.82, 2.24) is 0 Å². The molecule has 4 N–H and O–H groups in total. The Hall–Kier alpha value is -0.360. The van der Waals surface area contributed by atoms with E-state index in [-0.39, 0.29) is 16.3 Å². The van der Waals surface area contributed by atoms with Crippen LogP contribution in [-0.4, -0.2) is 21.6 Å². The number of aliphatic hydroxyl groups excluding tert-OH is 2. The standard InChI is InChI=1S/C10H12BrClFNO2/c11-2-1-9(15)10(16)5-3-7(13)8(14)4-6(5)12/h3-4,9-10,15-16H,1-2,14H2. The van der Waals surface area contributed by atoms with E-state index >= 15 is 0 Å². The smallest absolute Gasteiger partial charge is 0.146 e. The van der Waals surface area contributed by atoms with Crippen molar-refractivity contribution in [3.8, 4) is 0 Å². The van der Waals surface area contributed by atoms with Gasteiger partial charge in [0.15, 0.2) is 0 Å². The molecule has 16 heavy (non-hydrogen) atoms. The topological polar surface area (TPSA) is 66.5 Å². The van der Waals surface area contributed by atoms with E-state index in [4.69, 9.17) is 17.3 Å². The third-order valence-corrected chi connectivity index (χ3v) is 2.99. The molecule has 0 radical (unpaired) electrons. The molecule has 0 fully saturated rings. The van der Waals surface area contributed by atoms with Crippen LogP contribution in [0.4, 0.5) is 10.1 Å². The van der Waals surface area contributed by atoms with Gasteiger partial charge in [-0.3, -0.25) is 0 Å². The number of nitrogens with two attached hydrogens (primary N) is 1. The lowest BCUT2D eigenvalue weighted by molar-refractivity contribution is 0.0173.